The Kier molecular flexibility index (Phi) is 6.65. The predicted molar refractivity (Wildman–Crippen MR) is 112 cm³/mol. The Bertz CT molecular complexity index is 916. The van der Waals surface area contributed by atoms with Gasteiger partial charge in [-0.3, -0.25) is 9.10 Å². The van der Waals surface area contributed by atoms with Crippen LogP contribution in [0.1, 0.15) is 35.1 Å². The van der Waals surface area contributed by atoms with Crippen molar-refractivity contribution in [1.29, 1.82) is 0 Å². The van der Waals surface area contributed by atoms with Gasteiger partial charge in [-0.1, -0.05) is 23.8 Å². The van der Waals surface area contributed by atoms with E-state index in [1.165, 1.54) is 10.6 Å². The molecular weight excluding hydrogens is 360 g/mol. The van der Waals surface area contributed by atoms with Crippen LogP contribution in [0.25, 0.3) is 0 Å². The monoisotopic (exact) mass is 388 g/mol. The number of nitrogens with one attached hydrogen (secondary N) is 1. The lowest BCUT2D eigenvalue weighted by Gasteiger charge is -2.23. The van der Waals surface area contributed by atoms with Gasteiger partial charge in [-0.2, -0.15) is 0 Å². The number of aryl methyl sites for hydroxylation is 4. The molecule has 0 saturated carbocycles. The number of benzene rings is 2. The summed E-state index contributed by atoms with van der Waals surface area (Å²) in [5, 5.41) is 2.90. The number of anilines is 2. The summed E-state index contributed by atoms with van der Waals surface area (Å²) in [6.45, 7) is 8.10. The second kappa shape index (κ2) is 8.57. The van der Waals surface area contributed by atoms with Crippen LogP contribution in [0.15, 0.2) is 36.4 Å². The van der Waals surface area contributed by atoms with Gasteiger partial charge in [0.25, 0.3) is 0 Å². The van der Waals surface area contributed by atoms with Gasteiger partial charge in [-0.15, -0.1) is 0 Å². The van der Waals surface area contributed by atoms with E-state index in [1.54, 1.807) is 0 Å². The van der Waals surface area contributed by atoms with E-state index in [1.807, 2.05) is 64.1 Å². The lowest BCUT2D eigenvalue weighted by Crippen LogP contribution is -2.31. The Morgan fingerprint density at radius 3 is 2.15 bits per heavy atom. The zero-order valence-corrected chi connectivity index (χ0v) is 17.5. The minimum absolute atomic E-state index is 0.115. The zero-order chi connectivity index (χ0) is 20.2. The van der Waals surface area contributed by atoms with E-state index in [0.29, 0.717) is 12.1 Å². The molecule has 0 unspecified atom stereocenters. The van der Waals surface area contributed by atoms with E-state index >= 15 is 0 Å². The van der Waals surface area contributed by atoms with Crippen LogP contribution in [0, 0.1) is 27.7 Å². The molecule has 0 heterocycles. The second-order valence-corrected chi connectivity index (χ2v) is 9.06. The van der Waals surface area contributed by atoms with Crippen LogP contribution in [0.3, 0.4) is 0 Å². The summed E-state index contributed by atoms with van der Waals surface area (Å²) in [7, 11) is -3.42. The smallest absolute Gasteiger partial charge is 0.232 e. The first-order valence-electron chi connectivity index (χ1n) is 8.99. The first-order valence-corrected chi connectivity index (χ1v) is 10.8. The van der Waals surface area contributed by atoms with Crippen LogP contribution < -0.4 is 9.62 Å². The quantitative estimate of drug-likeness (QED) is 0.776. The molecule has 2 rings (SSSR count). The van der Waals surface area contributed by atoms with Gasteiger partial charge in [-0.05, 0) is 69.0 Å². The summed E-state index contributed by atoms with van der Waals surface area (Å²) in [6, 6.07) is 11.6. The van der Waals surface area contributed by atoms with Crippen molar-refractivity contribution in [3.05, 3.63) is 58.7 Å². The number of sulfonamides is 1. The molecule has 0 saturated heterocycles. The summed E-state index contributed by atoms with van der Waals surface area (Å²) in [5.74, 6) is -0.115. The van der Waals surface area contributed by atoms with Crippen molar-refractivity contribution in [2.24, 2.45) is 0 Å². The van der Waals surface area contributed by atoms with Gasteiger partial charge >= 0.3 is 0 Å². The molecule has 1 amide bonds. The highest BCUT2D eigenvalue weighted by Gasteiger charge is 2.18. The Balaban J connectivity index is 2.02. The van der Waals surface area contributed by atoms with Gasteiger partial charge in [0.1, 0.15) is 0 Å². The summed E-state index contributed by atoms with van der Waals surface area (Å²) >= 11 is 0. The van der Waals surface area contributed by atoms with Gasteiger partial charge < -0.3 is 5.32 Å². The average Bonchev–Trinajstić information content (AvgIpc) is 2.52. The first-order chi connectivity index (χ1) is 12.6. The van der Waals surface area contributed by atoms with E-state index in [4.69, 9.17) is 0 Å². The van der Waals surface area contributed by atoms with E-state index < -0.39 is 10.0 Å². The largest absolute Gasteiger partial charge is 0.326 e. The van der Waals surface area contributed by atoms with E-state index in [-0.39, 0.29) is 18.9 Å². The Morgan fingerprint density at radius 2 is 1.59 bits per heavy atom. The van der Waals surface area contributed by atoms with Crippen molar-refractivity contribution in [3.63, 3.8) is 0 Å². The van der Waals surface area contributed by atoms with Crippen LogP contribution >= 0.6 is 0 Å². The normalized spacial score (nSPS) is 11.3. The fourth-order valence-corrected chi connectivity index (χ4v) is 4.08. The summed E-state index contributed by atoms with van der Waals surface area (Å²) in [5.41, 5.74) is 5.60. The predicted octanol–water partition coefficient (Wildman–Crippen LogP) is 4.11. The summed E-state index contributed by atoms with van der Waals surface area (Å²) in [4.78, 5) is 12.2. The van der Waals surface area contributed by atoms with Crippen molar-refractivity contribution >= 4 is 27.3 Å². The van der Waals surface area contributed by atoms with Crippen LogP contribution in [0.2, 0.25) is 0 Å². The molecule has 0 aromatic heterocycles. The van der Waals surface area contributed by atoms with Crippen molar-refractivity contribution in [3.8, 4) is 0 Å². The molecule has 0 radical (unpaired) electrons. The van der Waals surface area contributed by atoms with E-state index in [0.717, 1.165) is 27.9 Å². The van der Waals surface area contributed by atoms with Crippen molar-refractivity contribution in [1.82, 2.24) is 0 Å². The molecule has 27 heavy (non-hydrogen) atoms. The molecule has 2 aromatic carbocycles. The standard InChI is InChI=1S/C21H28N2O3S/c1-15-8-9-20(18(4)12-15)22-21(24)7-6-10-23(27(5,25)26)19-13-16(2)11-17(3)14-19/h8-9,11-14H,6-7,10H2,1-5H3,(H,22,24). The number of carbonyl (C=O) groups is 1. The molecule has 6 heteroatoms. The maximum atomic E-state index is 12.2. The molecule has 0 aliphatic rings. The number of rotatable bonds is 7. The molecule has 0 aliphatic carbocycles. The maximum Gasteiger partial charge on any atom is 0.232 e. The average molecular weight is 389 g/mol. The molecule has 0 atom stereocenters. The number of carbonyl (C=O) groups excluding carboxylic acids is 1. The van der Waals surface area contributed by atoms with Crippen molar-refractivity contribution in [2.45, 2.75) is 40.5 Å². The third-order valence-electron chi connectivity index (χ3n) is 4.32. The van der Waals surface area contributed by atoms with Crippen LogP contribution in [0.4, 0.5) is 11.4 Å². The Hall–Kier alpha value is -2.34. The molecule has 0 spiro atoms. The molecule has 1 N–H and O–H groups in total. The van der Waals surface area contributed by atoms with Crippen molar-refractivity contribution in [2.75, 3.05) is 22.4 Å². The minimum Gasteiger partial charge on any atom is -0.326 e. The molecule has 5 nitrogen and oxygen atoms in total. The third-order valence-corrected chi connectivity index (χ3v) is 5.51. The van der Waals surface area contributed by atoms with Gasteiger partial charge in [0, 0.05) is 18.7 Å². The first kappa shape index (κ1) is 21.0. The van der Waals surface area contributed by atoms with Crippen molar-refractivity contribution < 1.29 is 13.2 Å². The molecule has 2 aromatic rings. The number of hydrogen-bond donors (Lipinski definition) is 1. The summed E-state index contributed by atoms with van der Waals surface area (Å²) in [6.07, 6.45) is 1.89. The fraction of sp³-hybridized carbons (Fsp3) is 0.381. The molecule has 0 aliphatic heterocycles. The third kappa shape index (κ3) is 6.10. The Labute approximate surface area is 162 Å². The number of nitrogens with zero attached hydrogens (tertiary/aromatic N) is 1. The molecular formula is C21H28N2O3S. The number of hydrogen-bond acceptors (Lipinski definition) is 3. The van der Waals surface area contributed by atoms with E-state index in [9.17, 15) is 13.2 Å². The van der Waals surface area contributed by atoms with Gasteiger partial charge in [-0.25, -0.2) is 8.42 Å². The second-order valence-electron chi connectivity index (χ2n) is 7.15. The van der Waals surface area contributed by atoms with Gasteiger partial charge in [0.05, 0.1) is 11.9 Å². The van der Waals surface area contributed by atoms with Crippen LogP contribution in [-0.2, 0) is 14.8 Å². The molecule has 146 valence electrons. The van der Waals surface area contributed by atoms with E-state index in [2.05, 4.69) is 5.32 Å². The highest BCUT2D eigenvalue weighted by Crippen LogP contribution is 2.22. The van der Waals surface area contributed by atoms with Crippen LogP contribution in [-0.4, -0.2) is 27.1 Å². The molecule has 0 fully saturated rings. The number of amides is 1. The molecule has 0 bridgehead atoms. The maximum absolute atomic E-state index is 12.2. The van der Waals surface area contributed by atoms with Gasteiger partial charge in [0.2, 0.25) is 15.9 Å². The lowest BCUT2D eigenvalue weighted by molar-refractivity contribution is -0.116. The van der Waals surface area contributed by atoms with Crippen LogP contribution in [0.5, 0.6) is 0 Å². The highest BCUT2D eigenvalue weighted by molar-refractivity contribution is 7.92. The van der Waals surface area contributed by atoms with Gasteiger partial charge in [0.15, 0.2) is 0 Å². The summed E-state index contributed by atoms with van der Waals surface area (Å²) < 4.78 is 25.8. The SMILES string of the molecule is Cc1cc(C)cc(N(CCCC(=O)Nc2ccc(C)cc2C)S(C)(=O)=O)c1. The fourth-order valence-electron chi connectivity index (χ4n) is 3.13. The zero-order valence-electron chi connectivity index (χ0n) is 16.7. The topological polar surface area (TPSA) is 66.5 Å². The lowest BCUT2D eigenvalue weighted by atomic mass is 10.1. The minimum atomic E-state index is -3.42. The Morgan fingerprint density at radius 1 is 0.963 bits per heavy atom. The highest BCUT2D eigenvalue weighted by atomic mass is 32.2.